The molecule has 22 heavy (non-hydrogen) atoms. The third-order valence-electron chi connectivity index (χ3n) is 3.65. The molecule has 0 radical (unpaired) electrons. The maximum absolute atomic E-state index is 12.8. The summed E-state index contributed by atoms with van der Waals surface area (Å²) in [4.78, 5) is 4.54. The molecule has 7 heteroatoms. The lowest BCUT2D eigenvalue weighted by atomic mass is 10.3. The van der Waals surface area contributed by atoms with Crippen molar-refractivity contribution in [1.29, 1.82) is 0 Å². The molecule has 1 heterocycles. The second-order valence-corrected chi connectivity index (χ2v) is 8.07. The summed E-state index contributed by atoms with van der Waals surface area (Å²) in [6.07, 6.45) is 4.28. The maximum Gasteiger partial charge on any atom is 0.243 e. The van der Waals surface area contributed by atoms with E-state index in [4.69, 9.17) is 4.74 Å². The van der Waals surface area contributed by atoms with Crippen LogP contribution in [0, 0.1) is 0 Å². The van der Waals surface area contributed by atoms with E-state index in [1.54, 1.807) is 53.2 Å². The number of ether oxygens (including phenoxy) is 1. The van der Waals surface area contributed by atoms with Crippen LogP contribution in [0.3, 0.4) is 0 Å². The summed E-state index contributed by atoms with van der Waals surface area (Å²) in [5, 5.41) is 2.88. The molecule has 0 bridgehead atoms. The van der Waals surface area contributed by atoms with Gasteiger partial charge in [0, 0.05) is 30.6 Å². The number of rotatable bonds is 7. The van der Waals surface area contributed by atoms with Crippen molar-refractivity contribution >= 4 is 21.4 Å². The van der Waals surface area contributed by atoms with Crippen LogP contribution >= 0.6 is 11.3 Å². The van der Waals surface area contributed by atoms with Crippen molar-refractivity contribution in [3.8, 4) is 5.75 Å². The smallest absolute Gasteiger partial charge is 0.243 e. The minimum atomic E-state index is -3.46. The van der Waals surface area contributed by atoms with Crippen LogP contribution in [0.15, 0.2) is 40.7 Å². The highest BCUT2D eigenvalue weighted by molar-refractivity contribution is 7.89. The van der Waals surface area contributed by atoms with Crippen LogP contribution in [-0.4, -0.2) is 37.4 Å². The lowest BCUT2D eigenvalue weighted by Crippen LogP contribution is -2.34. The molecule has 0 amide bonds. The minimum absolute atomic E-state index is 0.132. The number of thiazole rings is 1. The quantitative estimate of drug-likeness (QED) is 0.778. The summed E-state index contributed by atoms with van der Waals surface area (Å²) < 4.78 is 32.4. The zero-order valence-corrected chi connectivity index (χ0v) is 13.9. The minimum Gasteiger partial charge on any atom is -0.497 e. The standard InChI is InChI=1S/C15H18N2O3S2/c1-20-13-4-6-14(7-5-13)22(18,19)17(12-2-3-12)10-8-15-16-9-11-21-15/h4-7,9,11-12H,2-3,8,10H2,1H3. The topological polar surface area (TPSA) is 59.5 Å². The number of methoxy groups -OCH3 is 1. The number of sulfonamides is 1. The molecule has 3 rings (SSSR count). The lowest BCUT2D eigenvalue weighted by Gasteiger charge is -2.21. The van der Waals surface area contributed by atoms with Crippen LogP contribution in [0.4, 0.5) is 0 Å². The van der Waals surface area contributed by atoms with E-state index in [0.29, 0.717) is 23.6 Å². The number of aromatic nitrogens is 1. The highest BCUT2D eigenvalue weighted by Crippen LogP contribution is 2.32. The van der Waals surface area contributed by atoms with E-state index in [1.807, 2.05) is 5.38 Å². The van der Waals surface area contributed by atoms with Crippen molar-refractivity contribution in [3.05, 3.63) is 40.8 Å². The van der Waals surface area contributed by atoms with Gasteiger partial charge >= 0.3 is 0 Å². The number of benzene rings is 1. The summed E-state index contributed by atoms with van der Waals surface area (Å²) in [5.41, 5.74) is 0. The van der Waals surface area contributed by atoms with Crippen LogP contribution < -0.4 is 4.74 Å². The summed E-state index contributed by atoms with van der Waals surface area (Å²) in [7, 11) is -1.90. The average Bonchev–Trinajstić information content (AvgIpc) is 3.22. The van der Waals surface area contributed by atoms with Gasteiger partial charge in [0.1, 0.15) is 5.75 Å². The first-order chi connectivity index (χ1) is 10.6. The Morgan fingerprint density at radius 2 is 2.05 bits per heavy atom. The summed E-state index contributed by atoms with van der Waals surface area (Å²) in [5.74, 6) is 0.653. The Balaban J connectivity index is 1.79. The molecule has 2 aromatic rings. The first-order valence-electron chi connectivity index (χ1n) is 7.15. The predicted octanol–water partition coefficient (Wildman–Crippen LogP) is 2.55. The number of hydrogen-bond donors (Lipinski definition) is 0. The van der Waals surface area contributed by atoms with Gasteiger partial charge in [0.25, 0.3) is 0 Å². The van der Waals surface area contributed by atoms with Gasteiger partial charge in [-0.05, 0) is 37.1 Å². The van der Waals surface area contributed by atoms with E-state index in [1.165, 1.54) is 0 Å². The van der Waals surface area contributed by atoms with Gasteiger partial charge in [-0.25, -0.2) is 13.4 Å². The van der Waals surface area contributed by atoms with Gasteiger partial charge in [-0.15, -0.1) is 11.3 Å². The van der Waals surface area contributed by atoms with E-state index in [0.717, 1.165) is 17.8 Å². The molecule has 1 saturated carbocycles. The zero-order valence-electron chi connectivity index (χ0n) is 12.3. The fraction of sp³-hybridized carbons (Fsp3) is 0.400. The number of hydrogen-bond acceptors (Lipinski definition) is 5. The summed E-state index contributed by atoms with van der Waals surface area (Å²) >= 11 is 1.56. The second kappa shape index (κ2) is 6.36. The third kappa shape index (κ3) is 3.31. The Morgan fingerprint density at radius 3 is 2.59 bits per heavy atom. The van der Waals surface area contributed by atoms with E-state index in [-0.39, 0.29) is 6.04 Å². The highest BCUT2D eigenvalue weighted by Gasteiger charge is 2.37. The normalized spacial score (nSPS) is 15.2. The van der Waals surface area contributed by atoms with Gasteiger partial charge in [0.05, 0.1) is 17.0 Å². The van der Waals surface area contributed by atoms with E-state index in [2.05, 4.69) is 4.98 Å². The molecule has 0 saturated heterocycles. The van der Waals surface area contributed by atoms with Crippen LogP contribution in [0.1, 0.15) is 17.8 Å². The monoisotopic (exact) mass is 338 g/mol. The SMILES string of the molecule is COc1ccc(S(=O)(=O)N(CCc2nccs2)C2CC2)cc1. The molecule has 118 valence electrons. The Morgan fingerprint density at radius 1 is 1.32 bits per heavy atom. The molecule has 5 nitrogen and oxygen atoms in total. The average molecular weight is 338 g/mol. The molecule has 1 aromatic carbocycles. The molecule has 1 aliphatic rings. The van der Waals surface area contributed by atoms with E-state index in [9.17, 15) is 8.42 Å². The van der Waals surface area contributed by atoms with Crippen molar-refractivity contribution in [2.75, 3.05) is 13.7 Å². The fourth-order valence-electron chi connectivity index (χ4n) is 2.33. The van der Waals surface area contributed by atoms with Crippen molar-refractivity contribution < 1.29 is 13.2 Å². The van der Waals surface area contributed by atoms with E-state index >= 15 is 0 Å². The van der Waals surface area contributed by atoms with Crippen LogP contribution in [-0.2, 0) is 16.4 Å². The summed E-state index contributed by atoms with van der Waals surface area (Å²) in [6.45, 7) is 0.479. The second-order valence-electron chi connectivity index (χ2n) is 5.20. The largest absolute Gasteiger partial charge is 0.497 e. The Labute approximate surface area is 134 Å². The first kappa shape index (κ1) is 15.5. The lowest BCUT2D eigenvalue weighted by molar-refractivity contribution is 0.405. The molecular formula is C15H18N2O3S2. The molecule has 1 aromatic heterocycles. The molecule has 0 N–H and O–H groups in total. The molecule has 0 aliphatic heterocycles. The van der Waals surface area contributed by atoms with Gasteiger partial charge in [-0.1, -0.05) is 0 Å². The summed E-state index contributed by atoms with van der Waals surface area (Å²) in [6, 6.07) is 6.70. The molecule has 0 spiro atoms. The fourth-order valence-corrected chi connectivity index (χ4v) is 4.62. The Kier molecular flexibility index (Phi) is 4.46. The molecule has 1 fully saturated rings. The van der Waals surface area contributed by atoms with Crippen molar-refractivity contribution in [1.82, 2.24) is 9.29 Å². The highest BCUT2D eigenvalue weighted by atomic mass is 32.2. The van der Waals surface area contributed by atoms with Crippen LogP contribution in [0.2, 0.25) is 0 Å². The van der Waals surface area contributed by atoms with Crippen molar-refractivity contribution in [3.63, 3.8) is 0 Å². The van der Waals surface area contributed by atoms with Crippen molar-refractivity contribution in [2.24, 2.45) is 0 Å². The van der Waals surface area contributed by atoms with Crippen LogP contribution in [0.25, 0.3) is 0 Å². The zero-order chi connectivity index (χ0) is 15.6. The van der Waals surface area contributed by atoms with Gasteiger partial charge in [0.2, 0.25) is 10.0 Å². The van der Waals surface area contributed by atoms with Crippen molar-refractivity contribution in [2.45, 2.75) is 30.2 Å². The van der Waals surface area contributed by atoms with Crippen LogP contribution in [0.5, 0.6) is 5.75 Å². The molecule has 1 aliphatic carbocycles. The Hall–Kier alpha value is -1.44. The maximum atomic E-state index is 12.8. The van der Waals surface area contributed by atoms with Gasteiger partial charge in [-0.2, -0.15) is 4.31 Å². The molecule has 0 atom stereocenters. The third-order valence-corrected chi connectivity index (χ3v) is 6.46. The van der Waals surface area contributed by atoms with Gasteiger partial charge in [-0.3, -0.25) is 0 Å². The van der Waals surface area contributed by atoms with Gasteiger partial charge < -0.3 is 4.74 Å². The molecular weight excluding hydrogens is 320 g/mol. The number of nitrogens with zero attached hydrogens (tertiary/aromatic N) is 2. The Bertz CT molecular complexity index is 708. The first-order valence-corrected chi connectivity index (χ1v) is 9.47. The van der Waals surface area contributed by atoms with Gasteiger partial charge in [0.15, 0.2) is 0 Å². The molecule has 0 unspecified atom stereocenters. The van der Waals surface area contributed by atoms with E-state index < -0.39 is 10.0 Å². The predicted molar refractivity (Wildman–Crippen MR) is 85.7 cm³/mol.